The maximum Gasteiger partial charge on any atom is 0.244 e. The maximum atomic E-state index is 12.1. The number of aromatic nitrogens is 2. The molecule has 1 aromatic heterocycles. The zero-order chi connectivity index (χ0) is 15.4. The standard InChI is InChI=1S/C17H21N3O/c1-12(2)11-15(21)19-16(17-18-9-10-20(17)4)14-7-5-13(3)6-8-14/h5-11,16H,1-4H3,(H,19,21). The quantitative estimate of drug-likeness (QED) is 0.877. The highest BCUT2D eigenvalue weighted by atomic mass is 16.1. The van der Waals surface area contributed by atoms with E-state index in [1.165, 1.54) is 5.56 Å². The first-order chi connectivity index (χ1) is 9.97. The number of hydrogen-bond donors (Lipinski definition) is 1. The van der Waals surface area contributed by atoms with Gasteiger partial charge in [-0.3, -0.25) is 4.79 Å². The van der Waals surface area contributed by atoms with E-state index in [9.17, 15) is 4.79 Å². The van der Waals surface area contributed by atoms with Crippen molar-refractivity contribution in [2.45, 2.75) is 26.8 Å². The Balaban J connectivity index is 2.35. The maximum absolute atomic E-state index is 12.1. The largest absolute Gasteiger partial charge is 0.339 e. The highest BCUT2D eigenvalue weighted by Crippen LogP contribution is 2.21. The number of nitrogens with zero attached hydrogens (tertiary/aromatic N) is 2. The number of aryl methyl sites for hydroxylation is 2. The third-order valence-electron chi connectivity index (χ3n) is 3.23. The Bertz CT molecular complexity index is 649. The van der Waals surface area contributed by atoms with Crippen LogP contribution in [0, 0.1) is 6.92 Å². The van der Waals surface area contributed by atoms with Crippen molar-refractivity contribution < 1.29 is 4.79 Å². The molecule has 0 bridgehead atoms. The summed E-state index contributed by atoms with van der Waals surface area (Å²) in [5.41, 5.74) is 3.17. The molecule has 21 heavy (non-hydrogen) atoms. The normalized spacial score (nSPS) is 11.8. The van der Waals surface area contributed by atoms with Gasteiger partial charge < -0.3 is 9.88 Å². The van der Waals surface area contributed by atoms with E-state index in [1.54, 1.807) is 12.3 Å². The van der Waals surface area contributed by atoms with Gasteiger partial charge in [-0.25, -0.2) is 4.98 Å². The van der Waals surface area contributed by atoms with E-state index in [0.717, 1.165) is 17.0 Å². The molecule has 0 saturated carbocycles. The first-order valence-corrected chi connectivity index (χ1v) is 6.96. The molecule has 0 aliphatic carbocycles. The molecule has 4 heteroatoms. The molecule has 1 unspecified atom stereocenters. The molecule has 0 spiro atoms. The van der Waals surface area contributed by atoms with Crippen LogP contribution in [0.15, 0.2) is 48.3 Å². The molecule has 2 rings (SSSR count). The molecule has 110 valence electrons. The average molecular weight is 283 g/mol. The Morgan fingerprint density at radius 1 is 1.29 bits per heavy atom. The molecule has 4 nitrogen and oxygen atoms in total. The van der Waals surface area contributed by atoms with Gasteiger partial charge in [-0.15, -0.1) is 0 Å². The molecule has 1 N–H and O–H groups in total. The second kappa shape index (κ2) is 6.39. The van der Waals surface area contributed by atoms with Crippen molar-refractivity contribution in [3.8, 4) is 0 Å². The minimum Gasteiger partial charge on any atom is -0.339 e. The summed E-state index contributed by atoms with van der Waals surface area (Å²) in [5, 5.41) is 3.03. The van der Waals surface area contributed by atoms with Crippen molar-refractivity contribution in [2.24, 2.45) is 7.05 Å². The smallest absolute Gasteiger partial charge is 0.244 e. The summed E-state index contributed by atoms with van der Waals surface area (Å²) in [6, 6.07) is 7.87. The fraction of sp³-hybridized carbons (Fsp3) is 0.294. The third-order valence-corrected chi connectivity index (χ3v) is 3.23. The number of carbonyl (C=O) groups is 1. The fourth-order valence-electron chi connectivity index (χ4n) is 2.16. The minimum absolute atomic E-state index is 0.108. The lowest BCUT2D eigenvalue weighted by molar-refractivity contribution is -0.117. The van der Waals surface area contributed by atoms with Gasteiger partial charge in [0.25, 0.3) is 0 Å². The van der Waals surface area contributed by atoms with Crippen LogP contribution in [-0.2, 0) is 11.8 Å². The van der Waals surface area contributed by atoms with Crippen molar-refractivity contribution in [3.63, 3.8) is 0 Å². The lowest BCUT2D eigenvalue weighted by Gasteiger charge is -2.18. The Morgan fingerprint density at radius 2 is 1.95 bits per heavy atom. The number of carbonyl (C=O) groups excluding carboxylic acids is 1. The predicted molar refractivity (Wildman–Crippen MR) is 83.8 cm³/mol. The van der Waals surface area contributed by atoms with Crippen LogP contribution in [0.2, 0.25) is 0 Å². The third kappa shape index (κ3) is 3.81. The minimum atomic E-state index is -0.256. The van der Waals surface area contributed by atoms with Crippen molar-refractivity contribution in [1.29, 1.82) is 0 Å². The lowest BCUT2D eigenvalue weighted by atomic mass is 10.0. The van der Waals surface area contributed by atoms with Crippen LogP contribution in [0.5, 0.6) is 0 Å². The summed E-state index contributed by atoms with van der Waals surface area (Å²) in [6.07, 6.45) is 5.22. The summed E-state index contributed by atoms with van der Waals surface area (Å²) in [7, 11) is 1.93. The second-order valence-corrected chi connectivity index (χ2v) is 5.47. The highest BCUT2D eigenvalue weighted by Gasteiger charge is 2.19. The zero-order valence-electron chi connectivity index (χ0n) is 12.9. The van der Waals surface area contributed by atoms with Crippen LogP contribution in [-0.4, -0.2) is 15.5 Å². The van der Waals surface area contributed by atoms with E-state index >= 15 is 0 Å². The van der Waals surface area contributed by atoms with Gasteiger partial charge in [-0.05, 0) is 26.3 Å². The Hall–Kier alpha value is -2.36. The van der Waals surface area contributed by atoms with Gasteiger partial charge in [0.1, 0.15) is 11.9 Å². The van der Waals surface area contributed by atoms with E-state index in [-0.39, 0.29) is 11.9 Å². The van der Waals surface area contributed by atoms with Gasteiger partial charge in [-0.1, -0.05) is 35.4 Å². The van der Waals surface area contributed by atoms with Gasteiger partial charge in [-0.2, -0.15) is 0 Å². The van der Waals surface area contributed by atoms with Gasteiger partial charge in [0.05, 0.1) is 0 Å². The molecular weight excluding hydrogens is 262 g/mol. The number of allylic oxidation sites excluding steroid dienone is 1. The molecule has 1 aromatic carbocycles. The summed E-state index contributed by atoms with van der Waals surface area (Å²) in [6.45, 7) is 5.85. The number of imidazole rings is 1. The molecule has 1 heterocycles. The topological polar surface area (TPSA) is 46.9 Å². The molecule has 0 aliphatic heterocycles. The fourth-order valence-corrected chi connectivity index (χ4v) is 2.16. The van der Waals surface area contributed by atoms with Crippen molar-refractivity contribution in [3.05, 3.63) is 65.3 Å². The van der Waals surface area contributed by atoms with E-state index in [2.05, 4.69) is 10.3 Å². The molecule has 1 atom stereocenters. The van der Waals surface area contributed by atoms with Gasteiger partial charge >= 0.3 is 0 Å². The Kier molecular flexibility index (Phi) is 4.58. The van der Waals surface area contributed by atoms with Crippen LogP contribution in [0.3, 0.4) is 0 Å². The average Bonchev–Trinajstić information content (AvgIpc) is 2.82. The summed E-state index contributed by atoms with van der Waals surface area (Å²) < 4.78 is 1.92. The molecule has 0 radical (unpaired) electrons. The highest BCUT2D eigenvalue weighted by molar-refractivity contribution is 5.88. The van der Waals surface area contributed by atoms with Crippen molar-refractivity contribution in [2.75, 3.05) is 0 Å². The molecule has 0 saturated heterocycles. The Labute approximate surface area is 125 Å². The van der Waals surface area contributed by atoms with Crippen LogP contribution in [0.25, 0.3) is 0 Å². The van der Waals surface area contributed by atoms with Crippen LogP contribution < -0.4 is 5.32 Å². The summed E-state index contributed by atoms with van der Waals surface area (Å²) in [5.74, 6) is 0.706. The van der Waals surface area contributed by atoms with Crippen LogP contribution in [0.1, 0.15) is 36.8 Å². The predicted octanol–water partition coefficient (Wildman–Crippen LogP) is 2.90. The van der Waals surface area contributed by atoms with Crippen molar-refractivity contribution in [1.82, 2.24) is 14.9 Å². The van der Waals surface area contributed by atoms with Crippen LogP contribution >= 0.6 is 0 Å². The monoisotopic (exact) mass is 283 g/mol. The van der Waals surface area contributed by atoms with Crippen LogP contribution in [0.4, 0.5) is 0 Å². The first-order valence-electron chi connectivity index (χ1n) is 6.96. The van der Waals surface area contributed by atoms with E-state index < -0.39 is 0 Å². The zero-order valence-corrected chi connectivity index (χ0v) is 12.9. The molecule has 0 fully saturated rings. The van der Waals surface area contributed by atoms with Gasteiger partial charge in [0.2, 0.25) is 5.91 Å². The number of amides is 1. The summed E-state index contributed by atoms with van der Waals surface area (Å²) >= 11 is 0. The molecular formula is C17H21N3O. The van der Waals surface area contributed by atoms with Gasteiger partial charge in [0.15, 0.2) is 0 Å². The number of hydrogen-bond acceptors (Lipinski definition) is 2. The second-order valence-electron chi connectivity index (χ2n) is 5.47. The molecule has 1 amide bonds. The lowest BCUT2D eigenvalue weighted by Crippen LogP contribution is -2.29. The van der Waals surface area contributed by atoms with E-state index in [0.29, 0.717) is 0 Å². The summed E-state index contributed by atoms with van der Waals surface area (Å²) in [4.78, 5) is 16.5. The molecule has 0 aliphatic rings. The molecule has 2 aromatic rings. The van der Waals surface area contributed by atoms with Gasteiger partial charge in [0, 0.05) is 25.5 Å². The number of benzene rings is 1. The SMILES string of the molecule is CC(C)=CC(=O)NC(c1ccc(C)cc1)c1nccn1C. The van der Waals surface area contributed by atoms with E-state index in [4.69, 9.17) is 0 Å². The van der Waals surface area contributed by atoms with E-state index in [1.807, 2.05) is 62.8 Å². The first kappa shape index (κ1) is 15.0. The number of rotatable bonds is 4. The number of nitrogens with one attached hydrogen (secondary N) is 1. The van der Waals surface area contributed by atoms with Crippen molar-refractivity contribution >= 4 is 5.91 Å². The Morgan fingerprint density at radius 3 is 2.48 bits per heavy atom.